The lowest BCUT2D eigenvalue weighted by molar-refractivity contribution is -0.200. The van der Waals surface area contributed by atoms with E-state index in [9.17, 15) is 20.1 Å². The second-order valence-corrected chi connectivity index (χ2v) is 5.71. The van der Waals surface area contributed by atoms with Gasteiger partial charge in [-0.3, -0.25) is 4.79 Å². The van der Waals surface area contributed by atoms with Crippen LogP contribution in [-0.2, 0) is 14.4 Å². The fraction of sp³-hybridized carbons (Fsp3) is 0.833. The Labute approximate surface area is 127 Å². The van der Waals surface area contributed by atoms with Crippen LogP contribution in [0.5, 0.6) is 0 Å². The minimum Gasteiger partial charge on any atom is -0.399 e. The Kier molecular flexibility index (Phi) is 6.88. The van der Waals surface area contributed by atoms with Crippen LogP contribution in [0, 0.1) is 0 Å². The molecule has 0 spiro atoms. The summed E-state index contributed by atoms with van der Waals surface area (Å²) in [7, 11) is 1.36. The highest BCUT2D eigenvalue weighted by molar-refractivity contribution is 7.99. The first-order valence-corrected chi connectivity index (χ1v) is 7.69. The summed E-state index contributed by atoms with van der Waals surface area (Å²) in [6.45, 7) is 2.92. The maximum absolute atomic E-state index is 11.3. The molecule has 1 aliphatic heterocycles. The molecule has 8 nitrogen and oxygen atoms in total. The third kappa shape index (κ3) is 4.30. The molecular weight excluding hydrogens is 300 g/mol. The number of amides is 1. The van der Waals surface area contributed by atoms with Gasteiger partial charge < -0.3 is 30.2 Å². The van der Waals surface area contributed by atoms with Crippen LogP contribution in [0.25, 0.3) is 0 Å². The Balaban J connectivity index is 3.04. The number of hydrogen-bond acceptors (Lipinski definition) is 8. The molecule has 0 bridgehead atoms. The maximum Gasteiger partial charge on any atom is 0.217 e. The van der Waals surface area contributed by atoms with Crippen LogP contribution in [0.4, 0.5) is 0 Å². The summed E-state index contributed by atoms with van der Waals surface area (Å²) in [5.41, 5.74) is -0.347. The van der Waals surface area contributed by atoms with E-state index in [-0.39, 0.29) is 5.91 Å². The number of rotatable bonds is 5. The van der Waals surface area contributed by atoms with E-state index in [4.69, 9.17) is 4.74 Å². The second kappa shape index (κ2) is 7.95. The van der Waals surface area contributed by atoms with Crippen LogP contribution in [0.15, 0.2) is 5.16 Å². The van der Waals surface area contributed by atoms with Crippen molar-refractivity contribution in [1.82, 2.24) is 5.32 Å². The number of nitrogens with zero attached hydrogens (tertiary/aromatic N) is 1. The molecule has 1 amide bonds. The summed E-state index contributed by atoms with van der Waals surface area (Å²) in [6.07, 6.45) is -3.22. The number of carbonyl (C=O) groups is 1. The van der Waals surface area contributed by atoms with Crippen molar-refractivity contribution in [3.05, 3.63) is 0 Å². The van der Waals surface area contributed by atoms with Crippen molar-refractivity contribution in [2.75, 3.05) is 13.4 Å². The fourth-order valence-corrected chi connectivity index (χ4v) is 2.87. The van der Waals surface area contributed by atoms with Gasteiger partial charge in [-0.15, -0.1) is 11.8 Å². The van der Waals surface area contributed by atoms with Crippen LogP contribution in [-0.4, -0.2) is 76.2 Å². The van der Waals surface area contributed by atoms with Gasteiger partial charge in [0.05, 0.1) is 11.8 Å². The number of thioether (sulfide) groups is 1. The fourth-order valence-electron chi connectivity index (χ4n) is 2.19. The van der Waals surface area contributed by atoms with Gasteiger partial charge >= 0.3 is 0 Å². The largest absolute Gasteiger partial charge is 0.399 e. The first kappa shape index (κ1) is 18.2. The van der Waals surface area contributed by atoms with Crippen LogP contribution in [0.2, 0.25) is 0 Å². The van der Waals surface area contributed by atoms with Crippen molar-refractivity contribution in [3.63, 3.8) is 0 Å². The zero-order valence-electron chi connectivity index (χ0n) is 12.4. The summed E-state index contributed by atoms with van der Waals surface area (Å²) in [6, 6.07) is -0.783. The Morgan fingerprint density at radius 2 is 1.90 bits per heavy atom. The number of aliphatic hydroxyl groups is 3. The van der Waals surface area contributed by atoms with Crippen LogP contribution >= 0.6 is 11.8 Å². The summed E-state index contributed by atoms with van der Waals surface area (Å²) in [5.74, 6) is -0.345. The molecule has 4 N–H and O–H groups in total. The molecule has 1 fully saturated rings. The number of oxime groups is 1. The van der Waals surface area contributed by atoms with E-state index in [1.165, 1.54) is 25.8 Å². The predicted molar refractivity (Wildman–Crippen MR) is 77.9 cm³/mol. The Hall–Kier alpha value is -0.870. The number of ether oxygens (including phenoxy) is 1. The molecule has 6 unspecified atom stereocenters. The van der Waals surface area contributed by atoms with Gasteiger partial charge in [-0.25, -0.2) is 0 Å². The van der Waals surface area contributed by atoms with Crippen molar-refractivity contribution in [3.8, 4) is 0 Å². The minimum atomic E-state index is -1.38. The molecular formula is C12H22N2O6S. The van der Waals surface area contributed by atoms with E-state index in [1.54, 1.807) is 13.2 Å². The highest BCUT2D eigenvalue weighted by Crippen LogP contribution is 2.29. The average molecular weight is 322 g/mol. The van der Waals surface area contributed by atoms with Gasteiger partial charge in [0.1, 0.15) is 37.0 Å². The van der Waals surface area contributed by atoms with Crippen LogP contribution < -0.4 is 5.32 Å². The number of hydrogen-bond donors (Lipinski definition) is 4. The van der Waals surface area contributed by atoms with Crippen molar-refractivity contribution in [2.45, 2.75) is 49.7 Å². The lowest BCUT2D eigenvalue weighted by Gasteiger charge is -2.42. The zero-order valence-corrected chi connectivity index (χ0v) is 13.2. The third-order valence-corrected chi connectivity index (χ3v) is 4.07. The summed E-state index contributed by atoms with van der Waals surface area (Å²) in [5, 5.41) is 36.2. The molecule has 0 radical (unpaired) electrons. The monoisotopic (exact) mass is 322 g/mol. The lowest BCUT2D eigenvalue weighted by Crippen LogP contribution is -2.64. The first-order chi connectivity index (χ1) is 9.83. The standard InChI is InChI=1S/C12H22N2O6S/c1-5(14-19-3)7(13-6(2)15)11-9(17)8(16)10(18)12(20-11)21-4/h7-12,16-18H,1-4H3,(H,13,15). The van der Waals surface area contributed by atoms with Gasteiger partial charge in [-0.2, -0.15) is 0 Å². The van der Waals surface area contributed by atoms with Gasteiger partial charge in [0.25, 0.3) is 0 Å². The molecule has 9 heteroatoms. The lowest BCUT2D eigenvalue weighted by atomic mass is 9.92. The summed E-state index contributed by atoms with van der Waals surface area (Å²) < 4.78 is 5.61. The van der Waals surface area contributed by atoms with Gasteiger partial charge in [0.15, 0.2) is 0 Å². The molecule has 0 aromatic heterocycles. The minimum absolute atomic E-state index is 0.345. The quantitative estimate of drug-likeness (QED) is 0.366. The predicted octanol–water partition coefficient (Wildman–Crippen LogP) is -1.32. The Morgan fingerprint density at radius 1 is 1.29 bits per heavy atom. The normalized spacial score (nSPS) is 35.2. The molecule has 21 heavy (non-hydrogen) atoms. The van der Waals surface area contributed by atoms with E-state index < -0.39 is 35.9 Å². The highest BCUT2D eigenvalue weighted by atomic mass is 32.2. The van der Waals surface area contributed by atoms with E-state index in [0.717, 1.165) is 0 Å². The van der Waals surface area contributed by atoms with E-state index in [1.807, 2.05) is 0 Å². The van der Waals surface area contributed by atoms with Gasteiger partial charge in [-0.05, 0) is 13.2 Å². The number of nitrogens with one attached hydrogen (secondary N) is 1. The molecule has 1 aliphatic rings. The van der Waals surface area contributed by atoms with Crippen LogP contribution in [0.3, 0.4) is 0 Å². The Morgan fingerprint density at radius 3 is 2.38 bits per heavy atom. The first-order valence-electron chi connectivity index (χ1n) is 6.40. The molecule has 0 saturated carbocycles. The molecule has 0 aliphatic carbocycles. The van der Waals surface area contributed by atoms with Crippen molar-refractivity contribution in [1.29, 1.82) is 0 Å². The second-order valence-electron chi connectivity index (χ2n) is 4.77. The molecule has 0 aromatic rings. The highest BCUT2D eigenvalue weighted by Gasteiger charge is 2.47. The van der Waals surface area contributed by atoms with Gasteiger partial charge in [0, 0.05) is 6.92 Å². The molecule has 1 rings (SSSR count). The molecule has 0 aromatic carbocycles. The summed E-state index contributed by atoms with van der Waals surface area (Å²) in [4.78, 5) is 16.0. The van der Waals surface area contributed by atoms with Crippen molar-refractivity contribution < 1.29 is 29.7 Å². The van der Waals surface area contributed by atoms with Gasteiger partial charge in [0.2, 0.25) is 5.91 Å². The topological polar surface area (TPSA) is 121 Å². The maximum atomic E-state index is 11.3. The number of aliphatic hydroxyl groups excluding tert-OH is 3. The summed E-state index contributed by atoms with van der Waals surface area (Å²) >= 11 is 1.20. The average Bonchev–Trinajstić information content (AvgIpc) is 2.43. The van der Waals surface area contributed by atoms with Crippen LogP contribution in [0.1, 0.15) is 13.8 Å². The van der Waals surface area contributed by atoms with Crippen molar-refractivity contribution in [2.24, 2.45) is 5.16 Å². The van der Waals surface area contributed by atoms with Crippen molar-refractivity contribution >= 4 is 23.4 Å². The SMILES string of the molecule is CON=C(C)C(NC(C)=O)C1OC(SC)C(O)C(O)C1O. The van der Waals surface area contributed by atoms with E-state index in [2.05, 4.69) is 15.3 Å². The van der Waals surface area contributed by atoms with E-state index >= 15 is 0 Å². The smallest absolute Gasteiger partial charge is 0.217 e. The molecule has 6 atom stereocenters. The number of carbonyl (C=O) groups excluding carboxylic acids is 1. The molecule has 1 saturated heterocycles. The molecule has 1 heterocycles. The van der Waals surface area contributed by atoms with E-state index in [0.29, 0.717) is 5.71 Å². The molecule has 122 valence electrons. The Bertz CT molecular complexity index is 392. The zero-order chi connectivity index (χ0) is 16.2. The third-order valence-electron chi connectivity index (χ3n) is 3.21. The van der Waals surface area contributed by atoms with Gasteiger partial charge in [-0.1, -0.05) is 5.16 Å².